The summed E-state index contributed by atoms with van der Waals surface area (Å²) in [6.45, 7) is 5.90. The number of aliphatic imine (C=N–C) groups is 1. The van der Waals surface area contributed by atoms with E-state index in [-0.39, 0.29) is 5.56 Å². The summed E-state index contributed by atoms with van der Waals surface area (Å²) in [6.07, 6.45) is 3.39. The molecule has 0 fully saturated rings. The van der Waals surface area contributed by atoms with Gasteiger partial charge in [0, 0.05) is 11.9 Å². The minimum absolute atomic E-state index is 0.113. The maximum absolute atomic E-state index is 13.1. The normalized spacial score (nSPS) is 11.6. The third-order valence-corrected chi connectivity index (χ3v) is 4.41. The highest BCUT2D eigenvalue weighted by molar-refractivity contribution is 6.01. The van der Waals surface area contributed by atoms with Crippen molar-refractivity contribution in [2.24, 2.45) is 4.99 Å². The average molecular weight is 364 g/mol. The van der Waals surface area contributed by atoms with Gasteiger partial charge >= 0.3 is 0 Å². The lowest BCUT2D eigenvalue weighted by Crippen LogP contribution is -2.19. The van der Waals surface area contributed by atoms with Crippen LogP contribution in [0.5, 0.6) is 5.75 Å². The van der Waals surface area contributed by atoms with Crippen LogP contribution >= 0.6 is 0 Å². The van der Waals surface area contributed by atoms with Crippen LogP contribution in [0.3, 0.4) is 0 Å². The molecule has 6 nitrogen and oxygen atoms in total. The molecule has 2 aromatic heterocycles. The van der Waals surface area contributed by atoms with Gasteiger partial charge in [0.05, 0.1) is 24.1 Å². The number of methoxy groups -OCH3 is 1. The van der Waals surface area contributed by atoms with Gasteiger partial charge in [-0.25, -0.2) is 14.7 Å². The predicted octanol–water partition coefficient (Wildman–Crippen LogP) is 3.97. The highest BCUT2D eigenvalue weighted by atomic mass is 16.5. The molecule has 140 valence electrons. The molecule has 27 heavy (non-hydrogen) atoms. The molecule has 0 saturated heterocycles. The lowest BCUT2D eigenvalue weighted by Gasteiger charge is -2.03. The maximum Gasteiger partial charge on any atom is 0.280 e. The molecule has 1 N–H and O–H groups in total. The molecular formula is C21H24N4O2. The van der Waals surface area contributed by atoms with Crippen LogP contribution in [-0.2, 0) is 6.42 Å². The van der Waals surface area contributed by atoms with Crippen LogP contribution < -0.4 is 10.3 Å². The number of nitrogens with zero attached hydrogens (tertiary/aromatic N) is 3. The number of aryl methyl sites for hydroxylation is 2. The first-order valence-electron chi connectivity index (χ1n) is 9.00. The Hall–Kier alpha value is -3.15. The van der Waals surface area contributed by atoms with Crippen LogP contribution in [0.25, 0.3) is 5.69 Å². The molecule has 0 saturated carbocycles. The van der Waals surface area contributed by atoms with Crippen LogP contribution in [-0.4, -0.2) is 27.6 Å². The van der Waals surface area contributed by atoms with E-state index in [9.17, 15) is 4.79 Å². The summed E-state index contributed by atoms with van der Waals surface area (Å²) in [4.78, 5) is 22.1. The minimum Gasteiger partial charge on any atom is -0.497 e. The van der Waals surface area contributed by atoms with Crippen molar-refractivity contribution < 1.29 is 4.74 Å². The van der Waals surface area contributed by atoms with Gasteiger partial charge in [0.2, 0.25) is 0 Å². The Kier molecular flexibility index (Phi) is 5.54. The summed E-state index contributed by atoms with van der Waals surface area (Å²) in [5.74, 6) is 1.38. The van der Waals surface area contributed by atoms with Crippen LogP contribution in [0.15, 0.2) is 52.4 Å². The van der Waals surface area contributed by atoms with Crippen LogP contribution in [0.1, 0.15) is 37.1 Å². The summed E-state index contributed by atoms with van der Waals surface area (Å²) in [6, 6.07) is 11.2. The van der Waals surface area contributed by atoms with E-state index in [1.807, 2.05) is 50.2 Å². The van der Waals surface area contributed by atoms with E-state index in [0.717, 1.165) is 35.5 Å². The van der Waals surface area contributed by atoms with Gasteiger partial charge in [-0.1, -0.05) is 19.4 Å². The van der Waals surface area contributed by atoms with E-state index in [2.05, 4.69) is 22.0 Å². The first kappa shape index (κ1) is 18.6. The quantitative estimate of drug-likeness (QED) is 0.673. The van der Waals surface area contributed by atoms with Crippen LogP contribution in [0, 0.1) is 6.92 Å². The first-order chi connectivity index (χ1) is 13.0. The first-order valence-corrected chi connectivity index (χ1v) is 9.00. The molecule has 0 atom stereocenters. The van der Waals surface area contributed by atoms with Gasteiger partial charge in [0.15, 0.2) is 5.82 Å². The number of rotatable bonds is 6. The molecular weight excluding hydrogens is 340 g/mol. The van der Waals surface area contributed by atoms with E-state index < -0.39 is 0 Å². The zero-order chi connectivity index (χ0) is 19.4. The van der Waals surface area contributed by atoms with Gasteiger partial charge in [0.1, 0.15) is 5.75 Å². The van der Waals surface area contributed by atoms with Gasteiger partial charge in [-0.15, -0.1) is 0 Å². The Morgan fingerprint density at radius 3 is 2.63 bits per heavy atom. The number of hydrogen-bond acceptors (Lipinski definition) is 4. The van der Waals surface area contributed by atoms with E-state index >= 15 is 0 Å². The molecule has 0 unspecified atom stereocenters. The second-order valence-corrected chi connectivity index (χ2v) is 6.40. The van der Waals surface area contributed by atoms with E-state index in [1.54, 1.807) is 18.0 Å². The largest absolute Gasteiger partial charge is 0.497 e. The fourth-order valence-electron chi connectivity index (χ4n) is 3.01. The molecule has 3 aromatic rings. The molecule has 0 radical (unpaired) electrons. The van der Waals surface area contributed by atoms with Gasteiger partial charge in [-0.3, -0.25) is 9.89 Å². The molecule has 2 heterocycles. The van der Waals surface area contributed by atoms with Crippen molar-refractivity contribution in [3.05, 3.63) is 69.8 Å². The zero-order valence-electron chi connectivity index (χ0n) is 16.1. The highest BCUT2D eigenvalue weighted by Gasteiger charge is 2.17. The van der Waals surface area contributed by atoms with Crippen molar-refractivity contribution in [3.63, 3.8) is 0 Å². The van der Waals surface area contributed by atoms with E-state index in [0.29, 0.717) is 17.1 Å². The molecule has 0 bridgehead atoms. The number of aromatic amines is 1. The molecule has 0 spiro atoms. The number of benzene rings is 1. The SMILES string of the molecule is CCCc1[nH]n(-c2ccc(OC)cc2)c(=O)c1/C(C)=N/c1ncccc1C. The number of aromatic nitrogens is 3. The van der Waals surface area contributed by atoms with E-state index in [1.165, 1.54) is 0 Å². The van der Waals surface area contributed by atoms with Crippen molar-refractivity contribution in [1.82, 2.24) is 14.8 Å². The minimum atomic E-state index is -0.113. The Balaban J connectivity index is 2.10. The lowest BCUT2D eigenvalue weighted by atomic mass is 10.1. The van der Waals surface area contributed by atoms with Crippen molar-refractivity contribution in [2.45, 2.75) is 33.6 Å². The number of ether oxygens (including phenoxy) is 1. The van der Waals surface area contributed by atoms with Crippen molar-refractivity contribution in [3.8, 4) is 11.4 Å². The molecule has 0 aliphatic heterocycles. The molecule has 0 aliphatic rings. The fraction of sp³-hybridized carbons (Fsp3) is 0.286. The average Bonchev–Trinajstić information content (AvgIpc) is 3.00. The second-order valence-electron chi connectivity index (χ2n) is 6.40. The molecule has 3 rings (SSSR count). The van der Waals surface area contributed by atoms with Crippen molar-refractivity contribution >= 4 is 11.5 Å². The lowest BCUT2D eigenvalue weighted by molar-refractivity contribution is 0.414. The smallest absolute Gasteiger partial charge is 0.280 e. The highest BCUT2D eigenvalue weighted by Crippen LogP contribution is 2.18. The summed E-state index contributed by atoms with van der Waals surface area (Å²) >= 11 is 0. The second kappa shape index (κ2) is 8.03. The third-order valence-electron chi connectivity index (χ3n) is 4.41. The van der Waals surface area contributed by atoms with E-state index in [4.69, 9.17) is 4.74 Å². The van der Waals surface area contributed by atoms with Gasteiger partial charge in [-0.2, -0.15) is 0 Å². The summed E-state index contributed by atoms with van der Waals surface area (Å²) < 4.78 is 6.75. The van der Waals surface area contributed by atoms with Gasteiger partial charge < -0.3 is 4.74 Å². The predicted molar refractivity (Wildman–Crippen MR) is 108 cm³/mol. The summed E-state index contributed by atoms with van der Waals surface area (Å²) in [7, 11) is 1.62. The van der Waals surface area contributed by atoms with Gasteiger partial charge in [0.25, 0.3) is 5.56 Å². The van der Waals surface area contributed by atoms with Crippen molar-refractivity contribution in [2.75, 3.05) is 7.11 Å². The Labute approximate surface area is 158 Å². The number of H-pyrrole nitrogens is 1. The Bertz CT molecular complexity index is 1010. The van der Waals surface area contributed by atoms with Crippen LogP contribution in [0.2, 0.25) is 0 Å². The summed E-state index contributed by atoms with van der Waals surface area (Å²) in [5, 5.41) is 3.25. The van der Waals surface area contributed by atoms with Gasteiger partial charge in [-0.05, 0) is 56.2 Å². The number of nitrogens with one attached hydrogen (secondary N) is 1. The number of hydrogen-bond donors (Lipinski definition) is 1. The Morgan fingerprint density at radius 2 is 2.00 bits per heavy atom. The summed E-state index contributed by atoms with van der Waals surface area (Å²) in [5.41, 5.74) is 3.77. The molecule has 1 aromatic carbocycles. The monoisotopic (exact) mass is 364 g/mol. The standard InChI is InChI=1S/C21H24N4O2/c1-5-7-18-19(15(3)23-20-14(2)8-6-13-22-20)21(26)25(24-18)16-9-11-17(27-4)12-10-16/h6,8-13,24H,5,7H2,1-4H3/b23-15+. The molecule has 0 aliphatic carbocycles. The molecule has 0 amide bonds. The topological polar surface area (TPSA) is 72.3 Å². The zero-order valence-corrected chi connectivity index (χ0v) is 16.1. The fourth-order valence-corrected chi connectivity index (χ4v) is 3.01. The van der Waals surface area contributed by atoms with Crippen LogP contribution in [0.4, 0.5) is 5.82 Å². The maximum atomic E-state index is 13.1. The molecule has 6 heteroatoms. The third kappa shape index (κ3) is 3.84. The van der Waals surface area contributed by atoms with Crippen molar-refractivity contribution in [1.29, 1.82) is 0 Å². The Morgan fingerprint density at radius 1 is 1.26 bits per heavy atom. The number of pyridine rings is 1.